The molecule has 4 heteroatoms. The van der Waals surface area contributed by atoms with Crippen LogP contribution < -0.4 is 10.1 Å². The van der Waals surface area contributed by atoms with Crippen molar-refractivity contribution in [3.8, 4) is 5.75 Å². The highest BCUT2D eigenvalue weighted by molar-refractivity contribution is 6.31. The predicted molar refractivity (Wildman–Crippen MR) is 82.6 cm³/mol. The summed E-state index contributed by atoms with van der Waals surface area (Å²) in [6, 6.07) is 13.1. The number of aliphatic hydroxyl groups is 1. The molecule has 3 nitrogen and oxygen atoms in total. The van der Waals surface area contributed by atoms with E-state index in [1.165, 1.54) is 0 Å². The summed E-state index contributed by atoms with van der Waals surface area (Å²) in [4.78, 5) is 0. The van der Waals surface area contributed by atoms with E-state index < -0.39 is 0 Å². The van der Waals surface area contributed by atoms with Gasteiger partial charge < -0.3 is 15.2 Å². The fraction of sp³-hybridized carbons (Fsp3) is 0.250. The molecule has 0 radical (unpaired) electrons. The van der Waals surface area contributed by atoms with Crippen molar-refractivity contribution in [1.82, 2.24) is 0 Å². The maximum atomic E-state index is 9.70. The molecule has 0 amide bonds. The first-order valence-electron chi connectivity index (χ1n) is 6.42. The number of rotatable bonds is 5. The number of anilines is 1. The van der Waals surface area contributed by atoms with E-state index in [4.69, 9.17) is 16.3 Å². The minimum absolute atomic E-state index is 0.0750. The van der Waals surface area contributed by atoms with E-state index in [9.17, 15) is 5.11 Å². The molecular weight excluding hydrogens is 274 g/mol. The normalized spacial score (nSPS) is 12.0. The Kier molecular flexibility index (Phi) is 4.88. The number of ether oxygens (including phenoxy) is 1. The van der Waals surface area contributed by atoms with Crippen molar-refractivity contribution in [3.05, 3.63) is 58.6 Å². The van der Waals surface area contributed by atoms with E-state index >= 15 is 0 Å². The molecule has 1 atom stereocenters. The number of hydrogen-bond donors (Lipinski definition) is 2. The number of benzene rings is 2. The molecule has 0 bridgehead atoms. The summed E-state index contributed by atoms with van der Waals surface area (Å²) in [5, 5.41) is 13.6. The minimum Gasteiger partial charge on any atom is -0.496 e. The zero-order valence-electron chi connectivity index (χ0n) is 11.6. The van der Waals surface area contributed by atoms with E-state index in [2.05, 4.69) is 5.32 Å². The smallest absolute Gasteiger partial charge is 0.125 e. The maximum Gasteiger partial charge on any atom is 0.125 e. The number of halogens is 1. The SMILES string of the molecule is COc1cccc(Cl)c1C(CO)Nc1ccccc1C. The quantitative estimate of drug-likeness (QED) is 0.880. The molecule has 1 unspecified atom stereocenters. The van der Waals surface area contributed by atoms with Gasteiger partial charge in [-0.25, -0.2) is 0 Å². The van der Waals surface area contributed by atoms with Crippen molar-refractivity contribution < 1.29 is 9.84 Å². The molecule has 2 aromatic carbocycles. The molecular formula is C16H18ClNO2. The fourth-order valence-electron chi connectivity index (χ4n) is 2.17. The summed E-state index contributed by atoms with van der Waals surface area (Å²) in [5.41, 5.74) is 2.84. The fourth-order valence-corrected chi connectivity index (χ4v) is 2.46. The molecule has 2 rings (SSSR count). The summed E-state index contributed by atoms with van der Waals surface area (Å²) in [6.07, 6.45) is 0. The molecule has 0 fully saturated rings. The Balaban J connectivity index is 2.36. The van der Waals surface area contributed by atoms with Gasteiger partial charge in [0, 0.05) is 16.3 Å². The van der Waals surface area contributed by atoms with Gasteiger partial charge in [0.2, 0.25) is 0 Å². The lowest BCUT2D eigenvalue weighted by molar-refractivity contribution is 0.273. The Bertz CT molecular complexity index is 586. The molecule has 106 valence electrons. The summed E-state index contributed by atoms with van der Waals surface area (Å²) in [5.74, 6) is 0.664. The standard InChI is InChI=1S/C16H18ClNO2/c1-11-6-3-4-8-13(11)18-14(10-19)16-12(17)7-5-9-15(16)20-2/h3-9,14,18-19H,10H2,1-2H3. The molecule has 2 aromatic rings. The minimum atomic E-state index is -0.320. The maximum absolute atomic E-state index is 9.70. The number of hydrogen-bond acceptors (Lipinski definition) is 3. The molecule has 0 saturated heterocycles. The average Bonchev–Trinajstić information content (AvgIpc) is 2.47. The van der Waals surface area contributed by atoms with Crippen molar-refractivity contribution in [1.29, 1.82) is 0 Å². The van der Waals surface area contributed by atoms with Crippen LogP contribution in [-0.2, 0) is 0 Å². The van der Waals surface area contributed by atoms with Crippen LogP contribution in [0.15, 0.2) is 42.5 Å². The Hall–Kier alpha value is -1.71. The van der Waals surface area contributed by atoms with E-state index in [0.717, 1.165) is 16.8 Å². The first kappa shape index (κ1) is 14.7. The van der Waals surface area contributed by atoms with Crippen LogP contribution in [0.5, 0.6) is 5.75 Å². The molecule has 0 spiro atoms. The number of aryl methyl sites for hydroxylation is 1. The van der Waals surface area contributed by atoms with Gasteiger partial charge in [-0.2, -0.15) is 0 Å². The topological polar surface area (TPSA) is 41.5 Å². The summed E-state index contributed by atoms with van der Waals surface area (Å²) < 4.78 is 5.34. The van der Waals surface area contributed by atoms with Crippen molar-refractivity contribution >= 4 is 17.3 Å². The lowest BCUT2D eigenvalue weighted by Gasteiger charge is -2.22. The summed E-state index contributed by atoms with van der Waals surface area (Å²) in [7, 11) is 1.59. The number of aliphatic hydroxyl groups excluding tert-OH is 1. The Morgan fingerprint density at radius 1 is 1.20 bits per heavy atom. The first-order chi connectivity index (χ1) is 9.67. The van der Waals surface area contributed by atoms with Gasteiger partial charge in [-0.15, -0.1) is 0 Å². The van der Waals surface area contributed by atoms with E-state index in [1.54, 1.807) is 13.2 Å². The number of para-hydroxylation sites is 1. The second-order valence-corrected chi connectivity index (χ2v) is 4.96. The van der Waals surface area contributed by atoms with Gasteiger partial charge in [0.25, 0.3) is 0 Å². The van der Waals surface area contributed by atoms with Crippen LogP contribution in [0.4, 0.5) is 5.69 Å². The Labute approximate surface area is 124 Å². The Morgan fingerprint density at radius 2 is 1.95 bits per heavy atom. The van der Waals surface area contributed by atoms with Crippen LogP contribution in [0.1, 0.15) is 17.2 Å². The highest BCUT2D eigenvalue weighted by atomic mass is 35.5. The van der Waals surface area contributed by atoms with Crippen LogP contribution in [-0.4, -0.2) is 18.8 Å². The number of methoxy groups -OCH3 is 1. The van der Waals surface area contributed by atoms with Crippen LogP contribution in [0.25, 0.3) is 0 Å². The van der Waals surface area contributed by atoms with Gasteiger partial charge in [-0.05, 0) is 30.7 Å². The number of nitrogens with one attached hydrogen (secondary N) is 1. The molecule has 0 aliphatic rings. The zero-order chi connectivity index (χ0) is 14.5. The van der Waals surface area contributed by atoms with E-state index in [-0.39, 0.29) is 12.6 Å². The largest absolute Gasteiger partial charge is 0.496 e. The third kappa shape index (κ3) is 3.06. The second-order valence-electron chi connectivity index (χ2n) is 4.55. The lowest BCUT2D eigenvalue weighted by atomic mass is 10.0. The average molecular weight is 292 g/mol. The second kappa shape index (κ2) is 6.64. The van der Waals surface area contributed by atoms with Gasteiger partial charge in [-0.3, -0.25) is 0 Å². The first-order valence-corrected chi connectivity index (χ1v) is 6.80. The zero-order valence-corrected chi connectivity index (χ0v) is 12.3. The van der Waals surface area contributed by atoms with Gasteiger partial charge in [0.15, 0.2) is 0 Å². The third-order valence-electron chi connectivity index (χ3n) is 3.24. The predicted octanol–water partition coefficient (Wildman–Crippen LogP) is 3.80. The van der Waals surface area contributed by atoms with Gasteiger partial charge in [0.05, 0.1) is 19.8 Å². The molecule has 0 saturated carbocycles. The van der Waals surface area contributed by atoms with Crippen molar-refractivity contribution in [2.45, 2.75) is 13.0 Å². The van der Waals surface area contributed by atoms with Crippen LogP contribution >= 0.6 is 11.6 Å². The Morgan fingerprint density at radius 3 is 2.60 bits per heavy atom. The molecule has 0 aliphatic heterocycles. The highest BCUT2D eigenvalue weighted by Gasteiger charge is 2.19. The van der Waals surface area contributed by atoms with Crippen molar-refractivity contribution in [2.75, 3.05) is 19.0 Å². The van der Waals surface area contributed by atoms with Crippen LogP contribution in [0.3, 0.4) is 0 Å². The molecule has 0 aromatic heterocycles. The summed E-state index contributed by atoms with van der Waals surface area (Å²) in [6.45, 7) is 1.94. The van der Waals surface area contributed by atoms with Gasteiger partial charge >= 0.3 is 0 Å². The molecule has 0 heterocycles. The van der Waals surface area contributed by atoms with Crippen molar-refractivity contribution in [2.24, 2.45) is 0 Å². The van der Waals surface area contributed by atoms with Crippen LogP contribution in [0.2, 0.25) is 5.02 Å². The van der Waals surface area contributed by atoms with Gasteiger partial charge in [-0.1, -0.05) is 35.9 Å². The monoisotopic (exact) mass is 291 g/mol. The highest BCUT2D eigenvalue weighted by Crippen LogP contribution is 2.34. The van der Waals surface area contributed by atoms with Gasteiger partial charge in [0.1, 0.15) is 5.75 Å². The van der Waals surface area contributed by atoms with Crippen LogP contribution in [0, 0.1) is 6.92 Å². The lowest BCUT2D eigenvalue weighted by Crippen LogP contribution is -2.17. The van der Waals surface area contributed by atoms with E-state index in [0.29, 0.717) is 10.8 Å². The van der Waals surface area contributed by atoms with Crippen molar-refractivity contribution in [3.63, 3.8) is 0 Å². The summed E-state index contributed by atoms with van der Waals surface area (Å²) >= 11 is 6.26. The molecule has 20 heavy (non-hydrogen) atoms. The third-order valence-corrected chi connectivity index (χ3v) is 3.57. The molecule has 0 aliphatic carbocycles. The van der Waals surface area contributed by atoms with E-state index in [1.807, 2.05) is 43.3 Å². The molecule has 2 N–H and O–H groups in total.